The van der Waals surface area contributed by atoms with E-state index >= 15 is 0 Å². The maximum absolute atomic E-state index is 12.8. The number of fused-ring (bicyclic) bond motifs is 1. The summed E-state index contributed by atoms with van der Waals surface area (Å²) in [4.78, 5) is 39.0. The third-order valence-electron chi connectivity index (χ3n) is 5.41. The fourth-order valence-electron chi connectivity index (χ4n) is 3.70. The van der Waals surface area contributed by atoms with E-state index in [1.807, 2.05) is 24.4 Å². The molecule has 0 fully saturated rings. The Labute approximate surface area is 200 Å². The van der Waals surface area contributed by atoms with Gasteiger partial charge in [-0.05, 0) is 42.7 Å². The number of halogens is 1. The number of anilines is 1. The lowest BCUT2D eigenvalue weighted by atomic mass is 10.1. The number of amides is 2. The Morgan fingerprint density at radius 3 is 2.53 bits per heavy atom. The number of aromatic amines is 1. The minimum atomic E-state index is -0.592. The third kappa shape index (κ3) is 5.07. The van der Waals surface area contributed by atoms with Crippen LogP contribution in [0.15, 0.2) is 72.9 Å². The number of non-ortho nitro benzene ring substituents is 1. The summed E-state index contributed by atoms with van der Waals surface area (Å²) in [7, 11) is 0. The zero-order valence-corrected chi connectivity index (χ0v) is 18.8. The Balaban J connectivity index is 1.38. The minimum Gasteiger partial charge on any atom is -0.361 e. The van der Waals surface area contributed by atoms with E-state index in [-0.39, 0.29) is 22.2 Å². The van der Waals surface area contributed by atoms with Gasteiger partial charge in [0.15, 0.2) is 0 Å². The molecule has 0 saturated carbocycles. The van der Waals surface area contributed by atoms with Crippen molar-refractivity contribution in [3.8, 4) is 0 Å². The summed E-state index contributed by atoms with van der Waals surface area (Å²) in [5.41, 5.74) is 2.75. The molecule has 3 N–H and O–H groups in total. The predicted molar refractivity (Wildman–Crippen MR) is 131 cm³/mol. The Morgan fingerprint density at radius 1 is 0.971 bits per heavy atom. The number of nitro groups is 1. The molecule has 8 nitrogen and oxygen atoms in total. The normalized spacial score (nSPS) is 10.7. The number of nitrogens with zero attached hydrogens (tertiary/aromatic N) is 1. The van der Waals surface area contributed by atoms with Crippen LogP contribution in [0.2, 0.25) is 5.02 Å². The number of aryl methyl sites for hydroxylation is 1. The molecule has 0 bridgehead atoms. The first-order chi connectivity index (χ1) is 16.4. The Bertz CT molecular complexity index is 1380. The van der Waals surface area contributed by atoms with Crippen LogP contribution >= 0.6 is 11.6 Å². The van der Waals surface area contributed by atoms with Crippen molar-refractivity contribution >= 4 is 45.7 Å². The van der Waals surface area contributed by atoms with Crippen LogP contribution in [0.5, 0.6) is 0 Å². The standard InChI is InChI=1S/C25H21ClN4O4/c26-21-14-17(30(33)34)11-12-19(21)25(32)29-23-10-4-2-8-20(23)24(31)27-13-5-6-16-15-28-22-9-3-1-7-18(16)22/h1-4,7-12,14-15,28H,5-6,13H2,(H,27,31)(H,29,32). The van der Waals surface area contributed by atoms with Gasteiger partial charge in [0.1, 0.15) is 0 Å². The topological polar surface area (TPSA) is 117 Å². The number of carbonyl (C=O) groups is 2. The molecular weight excluding hydrogens is 456 g/mol. The summed E-state index contributed by atoms with van der Waals surface area (Å²) in [5, 5.41) is 17.6. The highest BCUT2D eigenvalue weighted by molar-refractivity contribution is 6.34. The maximum Gasteiger partial charge on any atom is 0.270 e. The first kappa shape index (κ1) is 23.0. The quantitative estimate of drug-likeness (QED) is 0.180. The van der Waals surface area contributed by atoms with Gasteiger partial charge >= 0.3 is 0 Å². The van der Waals surface area contributed by atoms with E-state index in [1.165, 1.54) is 23.1 Å². The van der Waals surface area contributed by atoms with Crippen molar-refractivity contribution in [1.29, 1.82) is 0 Å². The summed E-state index contributed by atoms with van der Waals surface area (Å²) in [6.45, 7) is 0.467. The molecule has 9 heteroatoms. The van der Waals surface area contributed by atoms with Gasteiger partial charge in [0.05, 0.1) is 26.8 Å². The second-order valence-electron chi connectivity index (χ2n) is 7.64. The summed E-state index contributed by atoms with van der Waals surface area (Å²) in [6.07, 6.45) is 3.54. The van der Waals surface area contributed by atoms with Gasteiger partial charge in [-0.2, -0.15) is 0 Å². The molecule has 1 heterocycles. The Kier molecular flexibility index (Phi) is 6.89. The van der Waals surface area contributed by atoms with Crippen molar-refractivity contribution in [3.05, 3.63) is 105 Å². The largest absolute Gasteiger partial charge is 0.361 e. The maximum atomic E-state index is 12.8. The number of hydrogen-bond donors (Lipinski definition) is 3. The third-order valence-corrected chi connectivity index (χ3v) is 5.72. The van der Waals surface area contributed by atoms with Gasteiger partial charge in [-0.15, -0.1) is 0 Å². The molecule has 34 heavy (non-hydrogen) atoms. The van der Waals surface area contributed by atoms with Crippen molar-refractivity contribution in [2.45, 2.75) is 12.8 Å². The van der Waals surface area contributed by atoms with E-state index in [0.717, 1.165) is 24.4 Å². The van der Waals surface area contributed by atoms with Crippen molar-refractivity contribution in [3.63, 3.8) is 0 Å². The van der Waals surface area contributed by atoms with Crippen molar-refractivity contribution < 1.29 is 14.5 Å². The highest BCUT2D eigenvalue weighted by Crippen LogP contribution is 2.24. The second kappa shape index (κ2) is 10.2. The number of benzene rings is 3. The molecular formula is C25H21ClN4O4. The van der Waals surface area contributed by atoms with E-state index in [0.29, 0.717) is 17.8 Å². The molecule has 0 unspecified atom stereocenters. The van der Waals surface area contributed by atoms with Gasteiger partial charge in [0.25, 0.3) is 17.5 Å². The van der Waals surface area contributed by atoms with E-state index in [2.05, 4.69) is 21.7 Å². The summed E-state index contributed by atoms with van der Waals surface area (Å²) in [5.74, 6) is -0.885. The highest BCUT2D eigenvalue weighted by Gasteiger charge is 2.18. The van der Waals surface area contributed by atoms with Gasteiger partial charge in [0, 0.05) is 35.8 Å². The fourth-order valence-corrected chi connectivity index (χ4v) is 3.96. The van der Waals surface area contributed by atoms with E-state index < -0.39 is 10.8 Å². The number of H-pyrrole nitrogens is 1. The van der Waals surface area contributed by atoms with Crippen LogP contribution in [0.1, 0.15) is 32.7 Å². The van der Waals surface area contributed by atoms with Crippen LogP contribution in [-0.2, 0) is 6.42 Å². The van der Waals surface area contributed by atoms with Crippen molar-refractivity contribution in [1.82, 2.24) is 10.3 Å². The molecule has 3 aromatic carbocycles. The van der Waals surface area contributed by atoms with E-state index in [1.54, 1.807) is 24.3 Å². The number of para-hydroxylation sites is 2. The second-order valence-corrected chi connectivity index (χ2v) is 8.05. The number of rotatable bonds is 8. The molecule has 1 aromatic heterocycles. The van der Waals surface area contributed by atoms with Gasteiger partial charge in [0.2, 0.25) is 0 Å². The molecule has 172 valence electrons. The van der Waals surface area contributed by atoms with Crippen molar-refractivity contribution in [2.75, 3.05) is 11.9 Å². The molecule has 0 spiro atoms. The molecule has 0 saturated heterocycles. The van der Waals surface area contributed by atoms with Crippen LogP contribution in [0, 0.1) is 10.1 Å². The van der Waals surface area contributed by atoms with Gasteiger partial charge in [-0.1, -0.05) is 41.9 Å². The average Bonchev–Trinajstić information content (AvgIpc) is 3.25. The monoisotopic (exact) mass is 476 g/mol. The molecule has 2 amide bonds. The van der Waals surface area contributed by atoms with Crippen LogP contribution in [0.25, 0.3) is 10.9 Å². The molecule has 4 rings (SSSR count). The molecule has 4 aromatic rings. The molecule has 0 radical (unpaired) electrons. The zero-order chi connectivity index (χ0) is 24.1. The van der Waals surface area contributed by atoms with Crippen LogP contribution in [-0.4, -0.2) is 28.3 Å². The lowest BCUT2D eigenvalue weighted by Crippen LogP contribution is -2.26. The lowest BCUT2D eigenvalue weighted by Gasteiger charge is -2.12. The van der Waals surface area contributed by atoms with Crippen LogP contribution in [0.3, 0.4) is 0 Å². The van der Waals surface area contributed by atoms with Gasteiger partial charge < -0.3 is 15.6 Å². The number of nitrogens with one attached hydrogen (secondary N) is 3. The van der Waals surface area contributed by atoms with E-state index in [9.17, 15) is 19.7 Å². The first-order valence-corrected chi connectivity index (χ1v) is 11.0. The number of aromatic nitrogens is 1. The Hall–Kier alpha value is -4.17. The molecule has 0 atom stereocenters. The van der Waals surface area contributed by atoms with Crippen molar-refractivity contribution in [2.24, 2.45) is 0 Å². The summed E-state index contributed by atoms with van der Waals surface area (Å²) < 4.78 is 0. The summed E-state index contributed by atoms with van der Waals surface area (Å²) in [6, 6.07) is 18.3. The highest BCUT2D eigenvalue weighted by atomic mass is 35.5. The van der Waals surface area contributed by atoms with Gasteiger partial charge in [-0.3, -0.25) is 19.7 Å². The van der Waals surface area contributed by atoms with Gasteiger partial charge in [-0.25, -0.2) is 0 Å². The fraction of sp³-hybridized carbons (Fsp3) is 0.120. The van der Waals surface area contributed by atoms with Crippen LogP contribution < -0.4 is 10.6 Å². The number of hydrogen-bond acceptors (Lipinski definition) is 4. The molecule has 0 aliphatic carbocycles. The summed E-state index contributed by atoms with van der Waals surface area (Å²) >= 11 is 6.05. The molecule has 0 aliphatic heterocycles. The van der Waals surface area contributed by atoms with Crippen LogP contribution in [0.4, 0.5) is 11.4 Å². The number of carbonyl (C=O) groups excluding carboxylic acids is 2. The smallest absolute Gasteiger partial charge is 0.270 e. The number of nitro benzene ring substituents is 1. The Morgan fingerprint density at radius 2 is 1.74 bits per heavy atom. The zero-order valence-electron chi connectivity index (χ0n) is 18.0. The molecule has 0 aliphatic rings. The van der Waals surface area contributed by atoms with E-state index in [4.69, 9.17) is 11.6 Å². The SMILES string of the molecule is O=C(Nc1ccccc1C(=O)NCCCc1c[nH]c2ccccc12)c1ccc([N+](=O)[O-])cc1Cl. The first-order valence-electron chi connectivity index (χ1n) is 10.6. The average molecular weight is 477 g/mol. The minimum absolute atomic E-state index is 0.0501. The predicted octanol–water partition coefficient (Wildman–Crippen LogP) is 5.34. The lowest BCUT2D eigenvalue weighted by molar-refractivity contribution is -0.384.